The minimum Gasteiger partial charge on any atom is -0.349 e. The van der Waals surface area contributed by atoms with Gasteiger partial charge in [-0.15, -0.1) is 0 Å². The van der Waals surface area contributed by atoms with Gasteiger partial charge in [-0.25, -0.2) is 12.8 Å². The van der Waals surface area contributed by atoms with Gasteiger partial charge < -0.3 is 5.32 Å². The third kappa shape index (κ3) is 4.40. The van der Waals surface area contributed by atoms with Crippen LogP contribution in [0.25, 0.3) is 0 Å². The minimum absolute atomic E-state index is 0.0144. The summed E-state index contributed by atoms with van der Waals surface area (Å²) in [6, 6.07) is 3.51. The molecule has 28 heavy (non-hydrogen) atoms. The third-order valence-corrected chi connectivity index (χ3v) is 8.48. The molecule has 1 saturated carbocycles. The highest BCUT2D eigenvalue weighted by molar-refractivity contribution is 7.89. The Morgan fingerprint density at radius 1 is 1.11 bits per heavy atom. The van der Waals surface area contributed by atoms with Crippen LogP contribution in [0.3, 0.4) is 0 Å². The van der Waals surface area contributed by atoms with E-state index in [0.717, 1.165) is 38.2 Å². The van der Waals surface area contributed by atoms with Crippen molar-refractivity contribution < 1.29 is 17.6 Å². The highest BCUT2D eigenvalue weighted by Crippen LogP contribution is 2.30. The van der Waals surface area contributed by atoms with Gasteiger partial charge in [0.15, 0.2) is 0 Å². The summed E-state index contributed by atoms with van der Waals surface area (Å²) in [7, 11) is -3.72. The van der Waals surface area contributed by atoms with Gasteiger partial charge in [-0.1, -0.05) is 33.6 Å². The van der Waals surface area contributed by atoms with Gasteiger partial charge >= 0.3 is 0 Å². The largest absolute Gasteiger partial charge is 0.349 e. The Labute approximate surface area is 167 Å². The van der Waals surface area contributed by atoms with Crippen molar-refractivity contribution in [1.82, 2.24) is 9.62 Å². The molecule has 3 atom stereocenters. The summed E-state index contributed by atoms with van der Waals surface area (Å²) in [5.41, 5.74) is -0.197. The molecule has 0 radical (unpaired) electrons. The van der Waals surface area contributed by atoms with Gasteiger partial charge in [0.2, 0.25) is 10.0 Å². The van der Waals surface area contributed by atoms with Crippen LogP contribution in [0.5, 0.6) is 0 Å². The van der Waals surface area contributed by atoms with Gasteiger partial charge in [-0.05, 0) is 55.2 Å². The number of sulfonamides is 1. The van der Waals surface area contributed by atoms with E-state index in [1.165, 1.54) is 16.4 Å². The van der Waals surface area contributed by atoms with Crippen LogP contribution in [0, 0.1) is 23.6 Å². The van der Waals surface area contributed by atoms with Crippen molar-refractivity contribution in [2.75, 3.05) is 13.1 Å². The molecular formula is C21H31FN2O3S. The number of rotatable bonds is 4. The molecule has 1 aromatic rings. The average molecular weight is 411 g/mol. The lowest BCUT2D eigenvalue weighted by molar-refractivity contribution is 0.0886. The van der Waals surface area contributed by atoms with Crippen molar-refractivity contribution in [2.24, 2.45) is 17.8 Å². The number of carbonyl (C=O) groups excluding carboxylic acids is 1. The van der Waals surface area contributed by atoms with Crippen molar-refractivity contribution in [3.63, 3.8) is 0 Å². The van der Waals surface area contributed by atoms with Crippen LogP contribution >= 0.6 is 0 Å². The first-order chi connectivity index (χ1) is 13.2. The lowest BCUT2D eigenvalue weighted by Gasteiger charge is -2.34. The molecule has 1 aliphatic carbocycles. The van der Waals surface area contributed by atoms with Crippen molar-refractivity contribution in [3.8, 4) is 0 Å². The molecule has 1 heterocycles. The van der Waals surface area contributed by atoms with E-state index < -0.39 is 21.7 Å². The fourth-order valence-corrected chi connectivity index (χ4v) is 5.74. The molecule has 2 fully saturated rings. The summed E-state index contributed by atoms with van der Waals surface area (Å²) in [5.74, 6) is 0.0778. The second-order valence-corrected chi connectivity index (χ2v) is 10.5. The van der Waals surface area contributed by atoms with Crippen LogP contribution < -0.4 is 5.32 Å². The van der Waals surface area contributed by atoms with Crippen LogP contribution in [0.15, 0.2) is 23.1 Å². The predicted octanol–water partition coefficient (Wildman–Crippen LogP) is 3.80. The first-order valence-electron chi connectivity index (χ1n) is 10.3. The summed E-state index contributed by atoms with van der Waals surface area (Å²) in [4.78, 5) is 12.7. The van der Waals surface area contributed by atoms with Crippen LogP contribution in [-0.4, -0.2) is 37.8 Å². The first-order valence-corrected chi connectivity index (χ1v) is 11.7. The second kappa shape index (κ2) is 8.49. The number of halogens is 1. The molecule has 3 rings (SSSR count). The molecule has 0 bridgehead atoms. The Hall–Kier alpha value is -1.47. The number of piperidine rings is 1. The molecule has 156 valence electrons. The number of hydrogen-bond acceptors (Lipinski definition) is 3. The molecule has 1 saturated heterocycles. The number of amides is 1. The molecule has 3 unspecified atom stereocenters. The number of nitrogens with zero attached hydrogens (tertiary/aromatic N) is 1. The van der Waals surface area contributed by atoms with Crippen LogP contribution in [0.4, 0.5) is 4.39 Å². The van der Waals surface area contributed by atoms with Crippen molar-refractivity contribution in [2.45, 2.75) is 63.8 Å². The fraction of sp³-hybridized carbons (Fsp3) is 0.667. The molecule has 5 nitrogen and oxygen atoms in total. The Kier molecular flexibility index (Phi) is 6.44. The monoisotopic (exact) mass is 410 g/mol. The van der Waals surface area contributed by atoms with E-state index in [1.807, 2.05) is 0 Å². The minimum atomic E-state index is -3.72. The van der Waals surface area contributed by atoms with Crippen molar-refractivity contribution in [1.29, 1.82) is 0 Å². The zero-order valence-electron chi connectivity index (χ0n) is 16.9. The average Bonchev–Trinajstić information content (AvgIpc) is 2.66. The molecule has 0 spiro atoms. The second-order valence-electron chi connectivity index (χ2n) is 8.58. The lowest BCUT2D eigenvalue weighted by atomic mass is 9.78. The van der Waals surface area contributed by atoms with E-state index in [1.54, 1.807) is 0 Å². The maximum atomic E-state index is 14.4. The molecule has 1 N–H and O–H groups in total. The van der Waals surface area contributed by atoms with E-state index in [0.29, 0.717) is 30.8 Å². The molecule has 1 aromatic carbocycles. The zero-order chi connectivity index (χ0) is 20.5. The Morgan fingerprint density at radius 3 is 2.46 bits per heavy atom. The molecule has 1 aliphatic heterocycles. The van der Waals surface area contributed by atoms with Crippen molar-refractivity contribution >= 4 is 15.9 Å². The molecule has 7 heteroatoms. The predicted molar refractivity (Wildman–Crippen MR) is 107 cm³/mol. The van der Waals surface area contributed by atoms with Gasteiger partial charge in [0.05, 0.1) is 10.5 Å². The van der Waals surface area contributed by atoms with Gasteiger partial charge in [0.25, 0.3) is 5.91 Å². The van der Waals surface area contributed by atoms with Crippen molar-refractivity contribution in [3.05, 3.63) is 29.6 Å². The maximum absolute atomic E-state index is 14.4. The van der Waals surface area contributed by atoms with Crippen LogP contribution in [0.2, 0.25) is 0 Å². The summed E-state index contributed by atoms with van der Waals surface area (Å²) in [5, 5.41) is 2.93. The third-order valence-electron chi connectivity index (χ3n) is 6.59. The summed E-state index contributed by atoms with van der Waals surface area (Å²) in [6.07, 6.45) is 4.64. The number of benzene rings is 1. The highest BCUT2D eigenvalue weighted by atomic mass is 32.2. The van der Waals surface area contributed by atoms with Crippen LogP contribution in [-0.2, 0) is 10.0 Å². The Balaban J connectivity index is 1.80. The highest BCUT2D eigenvalue weighted by Gasteiger charge is 2.31. The normalized spacial score (nSPS) is 27.5. The number of nitrogens with one attached hydrogen (secondary N) is 1. The smallest absolute Gasteiger partial charge is 0.254 e. The molecule has 1 amide bonds. The van der Waals surface area contributed by atoms with E-state index in [-0.39, 0.29) is 16.5 Å². The Bertz CT molecular complexity index is 819. The molecule has 0 aromatic heterocycles. The van der Waals surface area contributed by atoms with Gasteiger partial charge in [0.1, 0.15) is 5.82 Å². The van der Waals surface area contributed by atoms with Gasteiger partial charge in [-0.2, -0.15) is 4.31 Å². The van der Waals surface area contributed by atoms with E-state index in [2.05, 4.69) is 26.1 Å². The Morgan fingerprint density at radius 2 is 1.79 bits per heavy atom. The topological polar surface area (TPSA) is 66.5 Å². The van der Waals surface area contributed by atoms with Crippen LogP contribution in [0.1, 0.15) is 63.2 Å². The first kappa shape index (κ1) is 21.2. The fourth-order valence-electron chi connectivity index (χ4n) is 4.25. The van der Waals surface area contributed by atoms with Gasteiger partial charge in [-0.3, -0.25) is 4.79 Å². The SMILES string of the molecule is CC1CCN(S(=O)(=O)c2ccc(F)c(C(=O)NC3CCCC(C)C3C)c2)CC1. The summed E-state index contributed by atoms with van der Waals surface area (Å²) in [6.45, 7) is 7.29. The maximum Gasteiger partial charge on any atom is 0.254 e. The van der Waals surface area contributed by atoms with E-state index >= 15 is 0 Å². The number of carbonyl (C=O) groups is 1. The van der Waals surface area contributed by atoms with E-state index in [9.17, 15) is 17.6 Å². The molecule has 2 aliphatic rings. The van der Waals surface area contributed by atoms with Gasteiger partial charge in [0, 0.05) is 19.1 Å². The summed E-state index contributed by atoms with van der Waals surface area (Å²) < 4.78 is 41.7. The molecular weight excluding hydrogens is 379 g/mol. The number of hydrogen-bond donors (Lipinski definition) is 1. The standard InChI is InChI=1S/C21H31FN2O3S/c1-14-9-11-24(12-10-14)28(26,27)17-7-8-19(22)18(13-17)21(25)23-20-6-4-5-15(2)16(20)3/h7-8,13-16,20H,4-6,9-12H2,1-3H3,(H,23,25). The zero-order valence-corrected chi connectivity index (χ0v) is 17.8. The van der Waals surface area contributed by atoms with E-state index in [4.69, 9.17) is 0 Å². The summed E-state index contributed by atoms with van der Waals surface area (Å²) >= 11 is 0. The quantitative estimate of drug-likeness (QED) is 0.821. The lowest BCUT2D eigenvalue weighted by Crippen LogP contribution is -2.44.